The van der Waals surface area contributed by atoms with E-state index >= 15 is 0 Å². The van der Waals surface area contributed by atoms with E-state index < -0.39 is 0 Å². The number of nitrogens with zero attached hydrogens (tertiary/aromatic N) is 2. The average Bonchev–Trinajstić information content (AvgIpc) is 3.31. The predicted molar refractivity (Wildman–Crippen MR) is 119 cm³/mol. The monoisotopic (exact) mass is 423 g/mol. The van der Waals surface area contributed by atoms with E-state index in [4.69, 9.17) is 4.42 Å². The maximum atomic E-state index is 12.9. The summed E-state index contributed by atoms with van der Waals surface area (Å²) in [5, 5.41) is 2.70. The molecular weight excluding hydrogens is 394 g/mol. The summed E-state index contributed by atoms with van der Waals surface area (Å²) in [6.07, 6.45) is 7.69. The van der Waals surface area contributed by atoms with Crippen molar-refractivity contribution in [2.75, 3.05) is 31.1 Å². The molecule has 1 aromatic heterocycles. The van der Waals surface area contributed by atoms with Crippen molar-refractivity contribution in [3.8, 4) is 0 Å². The number of rotatable bonds is 8. The number of likely N-dealkylation sites (tertiary alicyclic amines) is 1. The largest absolute Gasteiger partial charge is 0.465 e. The first-order valence-corrected chi connectivity index (χ1v) is 10.7. The summed E-state index contributed by atoms with van der Waals surface area (Å²) < 4.78 is 5.14. The Morgan fingerprint density at radius 3 is 2.52 bits per heavy atom. The zero-order valence-electron chi connectivity index (χ0n) is 17.9. The second-order valence-electron chi connectivity index (χ2n) is 7.65. The summed E-state index contributed by atoms with van der Waals surface area (Å²) in [6, 6.07) is 11.0. The van der Waals surface area contributed by atoms with Crippen molar-refractivity contribution in [2.45, 2.75) is 32.6 Å². The molecule has 164 valence electrons. The number of carbonyl (C=O) groups excluding carboxylic acids is 3. The lowest BCUT2D eigenvalue weighted by molar-refractivity contribution is -0.132. The fourth-order valence-corrected chi connectivity index (χ4v) is 3.46. The van der Waals surface area contributed by atoms with Gasteiger partial charge in [-0.25, -0.2) is 0 Å². The minimum absolute atomic E-state index is 0.00817. The van der Waals surface area contributed by atoms with Gasteiger partial charge in [-0.15, -0.1) is 0 Å². The van der Waals surface area contributed by atoms with Crippen molar-refractivity contribution < 1.29 is 18.8 Å². The highest BCUT2D eigenvalue weighted by Crippen LogP contribution is 2.17. The van der Waals surface area contributed by atoms with E-state index in [1.54, 1.807) is 18.2 Å². The van der Waals surface area contributed by atoms with Gasteiger partial charge in [0.25, 0.3) is 0 Å². The highest BCUT2D eigenvalue weighted by Gasteiger charge is 2.23. The molecule has 0 bridgehead atoms. The molecule has 31 heavy (non-hydrogen) atoms. The van der Waals surface area contributed by atoms with Gasteiger partial charge < -0.3 is 19.5 Å². The molecule has 2 heterocycles. The van der Waals surface area contributed by atoms with Gasteiger partial charge in [-0.05, 0) is 56.5 Å². The van der Waals surface area contributed by atoms with Crippen LogP contribution < -0.4 is 10.2 Å². The van der Waals surface area contributed by atoms with Crippen LogP contribution in [-0.2, 0) is 14.4 Å². The van der Waals surface area contributed by atoms with Crippen LogP contribution in [0.25, 0.3) is 6.08 Å². The quantitative estimate of drug-likeness (QED) is 0.661. The van der Waals surface area contributed by atoms with Crippen LogP contribution in [-0.4, -0.2) is 48.8 Å². The van der Waals surface area contributed by atoms with Gasteiger partial charge in [0.05, 0.1) is 6.26 Å². The fraction of sp³-hybridized carbons (Fsp3) is 0.375. The number of furan rings is 1. The first-order valence-electron chi connectivity index (χ1n) is 10.7. The Hall–Kier alpha value is -3.35. The molecule has 3 rings (SSSR count). The number of piperidine rings is 1. The molecule has 0 radical (unpaired) electrons. The Morgan fingerprint density at radius 1 is 1.10 bits per heavy atom. The van der Waals surface area contributed by atoms with Crippen LogP contribution in [0.1, 0.15) is 37.0 Å². The van der Waals surface area contributed by atoms with Crippen LogP contribution >= 0.6 is 0 Å². The lowest BCUT2D eigenvalue weighted by Crippen LogP contribution is -2.45. The normalized spacial score (nSPS) is 13.9. The summed E-state index contributed by atoms with van der Waals surface area (Å²) in [5.41, 5.74) is 1.76. The first kappa shape index (κ1) is 22.3. The average molecular weight is 424 g/mol. The third kappa shape index (κ3) is 6.84. The molecule has 0 unspecified atom stereocenters. The van der Waals surface area contributed by atoms with Crippen molar-refractivity contribution in [3.05, 3.63) is 60.1 Å². The summed E-state index contributed by atoms with van der Waals surface area (Å²) in [7, 11) is 0. The van der Waals surface area contributed by atoms with Gasteiger partial charge in [-0.1, -0.05) is 17.7 Å². The van der Waals surface area contributed by atoms with E-state index in [1.807, 2.05) is 36.1 Å². The number of benzene rings is 1. The number of nitrogens with one attached hydrogen (secondary N) is 1. The highest BCUT2D eigenvalue weighted by atomic mass is 16.3. The molecular formula is C24H29N3O4. The molecule has 2 aromatic rings. The number of hydrogen-bond acceptors (Lipinski definition) is 4. The van der Waals surface area contributed by atoms with Crippen molar-refractivity contribution in [1.29, 1.82) is 0 Å². The van der Waals surface area contributed by atoms with Gasteiger partial charge in [0, 0.05) is 37.8 Å². The molecule has 0 saturated carbocycles. The standard InChI is InChI=1S/C24H29N3O4/c1-19-7-9-20(10-8-19)27(18-24(30)26-15-3-2-4-16-26)23(29)13-14-25-22(28)12-11-21-6-5-17-31-21/h5-12,17H,2-4,13-16,18H2,1H3,(H,25,28). The van der Waals surface area contributed by atoms with Crippen LogP contribution in [0.3, 0.4) is 0 Å². The van der Waals surface area contributed by atoms with Crippen molar-refractivity contribution in [3.63, 3.8) is 0 Å². The van der Waals surface area contributed by atoms with Gasteiger partial charge in [0.1, 0.15) is 12.3 Å². The molecule has 1 aliphatic heterocycles. The minimum atomic E-state index is -0.310. The number of aryl methyl sites for hydroxylation is 1. The smallest absolute Gasteiger partial charge is 0.244 e. The molecule has 7 heteroatoms. The highest BCUT2D eigenvalue weighted by molar-refractivity contribution is 5.99. The summed E-state index contributed by atoms with van der Waals surface area (Å²) in [4.78, 5) is 41.0. The van der Waals surface area contributed by atoms with Crippen LogP contribution in [0.5, 0.6) is 0 Å². The summed E-state index contributed by atoms with van der Waals surface area (Å²) >= 11 is 0. The zero-order chi connectivity index (χ0) is 22.1. The molecule has 7 nitrogen and oxygen atoms in total. The van der Waals surface area contributed by atoms with E-state index in [0.29, 0.717) is 11.4 Å². The molecule has 1 fully saturated rings. The van der Waals surface area contributed by atoms with Crippen molar-refractivity contribution in [2.24, 2.45) is 0 Å². The van der Waals surface area contributed by atoms with Crippen molar-refractivity contribution in [1.82, 2.24) is 10.2 Å². The third-order valence-corrected chi connectivity index (χ3v) is 5.23. The minimum Gasteiger partial charge on any atom is -0.465 e. The Morgan fingerprint density at radius 2 is 1.84 bits per heavy atom. The third-order valence-electron chi connectivity index (χ3n) is 5.23. The predicted octanol–water partition coefficient (Wildman–Crippen LogP) is 3.15. The van der Waals surface area contributed by atoms with Crippen LogP contribution in [0.2, 0.25) is 0 Å². The van der Waals surface area contributed by atoms with E-state index in [1.165, 1.54) is 17.2 Å². The Bertz CT molecular complexity index is 897. The Labute approximate surface area is 182 Å². The lowest BCUT2D eigenvalue weighted by atomic mass is 10.1. The number of anilines is 1. The second-order valence-corrected chi connectivity index (χ2v) is 7.65. The van der Waals surface area contributed by atoms with E-state index in [9.17, 15) is 14.4 Å². The molecule has 0 spiro atoms. The fourth-order valence-electron chi connectivity index (χ4n) is 3.46. The van der Waals surface area contributed by atoms with E-state index in [2.05, 4.69) is 5.32 Å². The van der Waals surface area contributed by atoms with Crippen LogP contribution in [0.15, 0.2) is 53.2 Å². The van der Waals surface area contributed by atoms with Gasteiger partial charge in [0.15, 0.2) is 0 Å². The Kier molecular flexibility index (Phi) is 8.04. The van der Waals surface area contributed by atoms with Crippen LogP contribution in [0, 0.1) is 6.92 Å². The maximum absolute atomic E-state index is 12.9. The van der Waals surface area contributed by atoms with Gasteiger partial charge in [0.2, 0.25) is 17.7 Å². The lowest BCUT2D eigenvalue weighted by Gasteiger charge is -2.30. The maximum Gasteiger partial charge on any atom is 0.244 e. The van der Waals surface area contributed by atoms with Gasteiger partial charge in [-0.2, -0.15) is 0 Å². The molecule has 1 saturated heterocycles. The number of carbonyl (C=O) groups is 3. The number of hydrogen-bond donors (Lipinski definition) is 1. The van der Waals surface area contributed by atoms with Gasteiger partial charge in [-0.3, -0.25) is 14.4 Å². The first-order chi connectivity index (χ1) is 15.0. The SMILES string of the molecule is Cc1ccc(N(CC(=O)N2CCCCC2)C(=O)CCNC(=O)C=Cc2ccco2)cc1. The van der Waals surface area contributed by atoms with Crippen molar-refractivity contribution >= 4 is 29.5 Å². The molecule has 1 aromatic carbocycles. The second kappa shape index (κ2) is 11.2. The summed E-state index contributed by atoms with van der Waals surface area (Å²) in [5.74, 6) is 0.0204. The summed E-state index contributed by atoms with van der Waals surface area (Å²) in [6.45, 7) is 3.65. The zero-order valence-corrected chi connectivity index (χ0v) is 17.9. The Balaban J connectivity index is 1.58. The van der Waals surface area contributed by atoms with E-state index in [-0.39, 0.29) is 37.2 Å². The van der Waals surface area contributed by atoms with E-state index in [0.717, 1.165) is 37.9 Å². The molecule has 1 N–H and O–H groups in total. The molecule has 0 atom stereocenters. The molecule has 1 aliphatic rings. The topological polar surface area (TPSA) is 82.9 Å². The number of amides is 3. The van der Waals surface area contributed by atoms with Gasteiger partial charge >= 0.3 is 0 Å². The molecule has 3 amide bonds. The molecule has 0 aliphatic carbocycles. The van der Waals surface area contributed by atoms with Crippen LogP contribution in [0.4, 0.5) is 5.69 Å².